The van der Waals surface area contributed by atoms with Crippen molar-refractivity contribution in [2.45, 2.75) is 45.1 Å². The maximum Gasteiger partial charge on any atom is 0.135 e. The van der Waals surface area contributed by atoms with Gasteiger partial charge in [-0.25, -0.2) is 9.97 Å². The van der Waals surface area contributed by atoms with Crippen molar-refractivity contribution in [2.75, 3.05) is 18.0 Å². The predicted molar refractivity (Wildman–Crippen MR) is 72.6 cm³/mol. The lowest BCUT2D eigenvalue weighted by Gasteiger charge is -2.37. The first-order valence-corrected chi connectivity index (χ1v) is 7.13. The zero-order valence-corrected chi connectivity index (χ0v) is 11.1. The molecule has 0 radical (unpaired) electrons. The van der Waals surface area contributed by atoms with Crippen molar-refractivity contribution in [2.24, 2.45) is 11.7 Å². The standard InChI is InChI=1S/C14H22N4/c1-2-10-8-18(7-6-12(10)15)14-11-4-3-5-13(11)16-9-17-14/h9-10,12H,2-8,15H2,1H3. The molecule has 1 aromatic heterocycles. The fourth-order valence-corrected chi connectivity index (χ4v) is 3.29. The monoisotopic (exact) mass is 246 g/mol. The van der Waals surface area contributed by atoms with E-state index in [1.807, 2.05) is 0 Å². The van der Waals surface area contributed by atoms with Gasteiger partial charge in [0.05, 0.1) is 0 Å². The summed E-state index contributed by atoms with van der Waals surface area (Å²) in [7, 11) is 0. The molecule has 2 N–H and O–H groups in total. The molecular weight excluding hydrogens is 224 g/mol. The van der Waals surface area contributed by atoms with Crippen LogP contribution in [0.5, 0.6) is 0 Å². The van der Waals surface area contributed by atoms with Crippen LogP contribution in [0.15, 0.2) is 6.33 Å². The minimum Gasteiger partial charge on any atom is -0.356 e. The van der Waals surface area contributed by atoms with Crippen LogP contribution in [0.25, 0.3) is 0 Å². The molecule has 0 amide bonds. The van der Waals surface area contributed by atoms with E-state index in [1.54, 1.807) is 6.33 Å². The van der Waals surface area contributed by atoms with E-state index in [0.29, 0.717) is 12.0 Å². The molecule has 98 valence electrons. The normalized spacial score (nSPS) is 27.3. The number of nitrogens with zero attached hydrogens (tertiary/aromatic N) is 3. The van der Waals surface area contributed by atoms with Crippen LogP contribution in [-0.2, 0) is 12.8 Å². The van der Waals surface area contributed by atoms with Crippen molar-refractivity contribution in [3.05, 3.63) is 17.6 Å². The topological polar surface area (TPSA) is 55.0 Å². The van der Waals surface area contributed by atoms with Crippen molar-refractivity contribution < 1.29 is 0 Å². The molecule has 0 saturated carbocycles. The maximum absolute atomic E-state index is 6.18. The van der Waals surface area contributed by atoms with Gasteiger partial charge in [0.15, 0.2) is 0 Å². The van der Waals surface area contributed by atoms with Crippen LogP contribution in [0.3, 0.4) is 0 Å². The summed E-state index contributed by atoms with van der Waals surface area (Å²) in [6, 6.07) is 0.362. The number of hydrogen-bond acceptors (Lipinski definition) is 4. The Bertz CT molecular complexity index is 432. The van der Waals surface area contributed by atoms with Crippen LogP contribution in [0.4, 0.5) is 5.82 Å². The Kier molecular flexibility index (Phi) is 3.20. The van der Waals surface area contributed by atoms with E-state index in [2.05, 4.69) is 21.8 Å². The highest BCUT2D eigenvalue weighted by molar-refractivity contribution is 5.50. The number of aryl methyl sites for hydroxylation is 1. The molecule has 0 bridgehead atoms. The van der Waals surface area contributed by atoms with Crippen molar-refractivity contribution >= 4 is 5.82 Å². The summed E-state index contributed by atoms with van der Waals surface area (Å²) in [5, 5.41) is 0. The average molecular weight is 246 g/mol. The number of anilines is 1. The minimum absolute atomic E-state index is 0.362. The molecule has 2 atom stereocenters. The fourth-order valence-electron chi connectivity index (χ4n) is 3.29. The third-order valence-corrected chi connectivity index (χ3v) is 4.47. The van der Waals surface area contributed by atoms with E-state index >= 15 is 0 Å². The van der Waals surface area contributed by atoms with Crippen LogP contribution in [-0.4, -0.2) is 29.1 Å². The number of hydrogen-bond donors (Lipinski definition) is 1. The van der Waals surface area contributed by atoms with Gasteiger partial charge >= 0.3 is 0 Å². The lowest BCUT2D eigenvalue weighted by atomic mass is 9.90. The quantitative estimate of drug-likeness (QED) is 0.860. The van der Waals surface area contributed by atoms with Crippen LogP contribution in [0.2, 0.25) is 0 Å². The van der Waals surface area contributed by atoms with E-state index in [1.165, 1.54) is 23.5 Å². The molecule has 2 heterocycles. The van der Waals surface area contributed by atoms with E-state index in [9.17, 15) is 0 Å². The van der Waals surface area contributed by atoms with Crippen molar-refractivity contribution in [1.29, 1.82) is 0 Å². The fraction of sp³-hybridized carbons (Fsp3) is 0.714. The van der Waals surface area contributed by atoms with Crippen molar-refractivity contribution in [3.63, 3.8) is 0 Å². The van der Waals surface area contributed by atoms with Crippen LogP contribution >= 0.6 is 0 Å². The van der Waals surface area contributed by atoms with Gasteiger partial charge < -0.3 is 10.6 Å². The minimum atomic E-state index is 0.362. The summed E-state index contributed by atoms with van der Waals surface area (Å²) in [5.41, 5.74) is 8.84. The smallest absolute Gasteiger partial charge is 0.135 e. The van der Waals surface area contributed by atoms with E-state index < -0.39 is 0 Å². The van der Waals surface area contributed by atoms with Gasteiger partial charge in [-0.1, -0.05) is 13.3 Å². The summed E-state index contributed by atoms with van der Waals surface area (Å²) in [6.45, 7) is 4.33. The first-order valence-electron chi connectivity index (χ1n) is 7.13. The maximum atomic E-state index is 6.18. The second kappa shape index (κ2) is 4.84. The Labute approximate surface area is 109 Å². The largest absolute Gasteiger partial charge is 0.356 e. The molecule has 4 heteroatoms. The highest BCUT2D eigenvalue weighted by atomic mass is 15.2. The van der Waals surface area contributed by atoms with Crippen LogP contribution in [0.1, 0.15) is 37.4 Å². The zero-order valence-electron chi connectivity index (χ0n) is 11.1. The predicted octanol–water partition coefficient (Wildman–Crippen LogP) is 1.53. The van der Waals surface area contributed by atoms with Gasteiger partial charge in [0.2, 0.25) is 0 Å². The third-order valence-electron chi connectivity index (χ3n) is 4.47. The molecule has 2 aliphatic rings. The zero-order chi connectivity index (χ0) is 12.5. The molecule has 1 aromatic rings. The van der Waals surface area contributed by atoms with Gasteiger partial charge in [0.1, 0.15) is 12.1 Å². The highest BCUT2D eigenvalue weighted by Gasteiger charge is 2.28. The molecule has 1 saturated heterocycles. The van der Waals surface area contributed by atoms with Crippen molar-refractivity contribution in [1.82, 2.24) is 9.97 Å². The molecule has 4 nitrogen and oxygen atoms in total. The van der Waals surface area contributed by atoms with Gasteiger partial charge in [0, 0.05) is 30.4 Å². The van der Waals surface area contributed by atoms with E-state index in [0.717, 1.165) is 38.8 Å². The van der Waals surface area contributed by atoms with Gasteiger partial charge in [-0.05, 0) is 31.6 Å². The number of nitrogens with two attached hydrogens (primary N) is 1. The summed E-state index contributed by atoms with van der Waals surface area (Å²) in [4.78, 5) is 11.4. The first-order chi connectivity index (χ1) is 8.79. The van der Waals surface area contributed by atoms with Gasteiger partial charge in [0.25, 0.3) is 0 Å². The molecule has 0 aromatic carbocycles. The molecule has 18 heavy (non-hydrogen) atoms. The second-order valence-corrected chi connectivity index (χ2v) is 5.54. The number of aromatic nitrogens is 2. The summed E-state index contributed by atoms with van der Waals surface area (Å²) in [6.07, 6.45) is 7.46. The molecule has 1 fully saturated rings. The molecular formula is C14H22N4. The number of rotatable bonds is 2. The van der Waals surface area contributed by atoms with Crippen LogP contribution in [0, 0.1) is 5.92 Å². The van der Waals surface area contributed by atoms with Crippen molar-refractivity contribution in [3.8, 4) is 0 Å². The average Bonchev–Trinajstić information content (AvgIpc) is 2.87. The Morgan fingerprint density at radius 2 is 2.28 bits per heavy atom. The summed E-state index contributed by atoms with van der Waals surface area (Å²) >= 11 is 0. The SMILES string of the molecule is CCC1CN(c2ncnc3c2CCC3)CCC1N. The van der Waals surface area contributed by atoms with Gasteiger partial charge in [-0.2, -0.15) is 0 Å². The van der Waals surface area contributed by atoms with E-state index in [4.69, 9.17) is 5.73 Å². The number of fused-ring (bicyclic) bond motifs is 1. The second-order valence-electron chi connectivity index (χ2n) is 5.54. The third kappa shape index (κ3) is 1.99. The molecule has 3 rings (SSSR count). The molecule has 2 unspecified atom stereocenters. The Balaban J connectivity index is 1.85. The lowest BCUT2D eigenvalue weighted by Crippen LogP contribution is -2.47. The van der Waals surface area contributed by atoms with E-state index in [-0.39, 0.29) is 0 Å². The van der Waals surface area contributed by atoms with Gasteiger partial charge in [-0.3, -0.25) is 0 Å². The molecule has 1 aliphatic heterocycles. The Morgan fingerprint density at radius 3 is 3.11 bits per heavy atom. The van der Waals surface area contributed by atoms with Gasteiger partial charge in [-0.15, -0.1) is 0 Å². The Morgan fingerprint density at radius 1 is 1.39 bits per heavy atom. The highest BCUT2D eigenvalue weighted by Crippen LogP contribution is 2.30. The summed E-state index contributed by atoms with van der Waals surface area (Å²) < 4.78 is 0. The first kappa shape index (κ1) is 11.9. The van der Waals surface area contributed by atoms with Crippen LogP contribution < -0.4 is 10.6 Å². The summed E-state index contributed by atoms with van der Waals surface area (Å²) in [5.74, 6) is 1.79. The Hall–Kier alpha value is -1.16. The molecule has 0 spiro atoms. The lowest BCUT2D eigenvalue weighted by molar-refractivity contribution is 0.346. The number of piperidine rings is 1. The molecule has 1 aliphatic carbocycles.